The Kier molecular flexibility index (Phi) is 4.04. The van der Waals surface area contributed by atoms with Crippen LogP contribution in [0.25, 0.3) is 0 Å². The van der Waals surface area contributed by atoms with Gasteiger partial charge < -0.3 is 10.0 Å². The number of rotatable bonds is 4. The lowest BCUT2D eigenvalue weighted by Gasteiger charge is -2.40. The van der Waals surface area contributed by atoms with Crippen molar-refractivity contribution >= 4 is 0 Å². The van der Waals surface area contributed by atoms with Crippen LogP contribution in [0.1, 0.15) is 51.9 Å². The van der Waals surface area contributed by atoms with Crippen molar-refractivity contribution in [1.29, 1.82) is 0 Å². The van der Waals surface area contributed by atoms with Crippen molar-refractivity contribution in [3.05, 3.63) is 0 Å². The van der Waals surface area contributed by atoms with Gasteiger partial charge in [0.15, 0.2) is 0 Å². The van der Waals surface area contributed by atoms with Gasteiger partial charge >= 0.3 is 0 Å². The quantitative estimate of drug-likeness (QED) is 0.772. The number of piperidine rings is 1. The predicted octanol–water partition coefficient (Wildman–Crippen LogP) is 2.41. The smallest absolute Gasteiger partial charge is 0.0527 e. The van der Waals surface area contributed by atoms with Gasteiger partial charge in [-0.2, -0.15) is 0 Å². The van der Waals surface area contributed by atoms with Crippen molar-refractivity contribution in [2.24, 2.45) is 5.92 Å². The molecule has 0 aromatic carbocycles. The van der Waals surface area contributed by atoms with Crippen LogP contribution in [0.4, 0.5) is 0 Å². The Balaban J connectivity index is 1.81. The van der Waals surface area contributed by atoms with E-state index in [-0.39, 0.29) is 6.10 Å². The maximum atomic E-state index is 9.50. The highest BCUT2D eigenvalue weighted by atomic mass is 16.3. The van der Waals surface area contributed by atoms with Gasteiger partial charge in [0.05, 0.1) is 6.10 Å². The number of hydrogen-bond donors (Lipinski definition) is 1. The molecule has 1 N–H and O–H groups in total. The standard InChI is InChI=1S/C13H25NO/c1-11(15)9-13-7-2-3-8-14(13)10-12-5-4-6-12/h11-13,15H,2-10H2,1H3. The summed E-state index contributed by atoms with van der Waals surface area (Å²) in [6.45, 7) is 4.50. The highest BCUT2D eigenvalue weighted by Gasteiger charge is 2.27. The first-order chi connectivity index (χ1) is 7.25. The van der Waals surface area contributed by atoms with Gasteiger partial charge in [-0.05, 0) is 51.5 Å². The lowest BCUT2D eigenvalue weighted by atomic mass is 9.84. The number of aliphatic hydroxyl groups excluding tert-OH is 1. The molecule has 0 bridgehead atoms. The fourth-order valence-corrected chi connectivity index (χ4v) is 2.97. The molecule has 0 aromatic heterocycles. The van der Waals surface area contributed by atoms with Crippen molar-refractivity contribution in [3.63, 3.8) is 0 Å². The molecule has 2 fully saturated rings. The molecule has 2 atom stereocenters. The zero-order valence-electron chi connectivity index (χ0n) is 9.99. The summed E-state index contributed by atoms with van der Waals surface area (Å²) in [5, 5.41) is 9.50. The van der Waals surface area contributed by atoms with Crippen LogP contribution < -0.4 is 0 Å². The van der Waals surface area contributed by atoms with Gasteiger partial charge in [-0.3, -0.25) is 0 Å². The largest absolute Gasteiger partial charge is 0.393 e. The van der Waals surface area contributed by atoms with Gasteiger partial charge in [0.1, 0.15) is 0 Å². The Bertz CT molecular complexity index is 189. The molecule has 1 saturated heterocycles. The van der Waals surface area contributed by atoms with Gasteiger partial charge in [-0.1, -0.05) is 12.8 Å². The Morgan fingerprint density at radius 3 is 2.60 bits per heavy atom. The first kappa shape index (κ1) is 11.4. The van der Waals surface area contributed by atoms with Crippen LogP contribution in [-0.2, 0) is 0 Å². The van der Waals surface area contributed by atoms with E-state index < -0.39 is 0 Å². The molecule has 2 nitrogen and oxygen atoms in total. The zero-order valence-corrected chi connectivity index (χ0v) is 9.99. The first-order valence-electron chi connectivity index (χ1n) is 6.68. The van der Waals surface area contributed by atoms with Crippen molar-refractivity contribution in [3.8, 4) is 0 Å². The minimum atomic E-state index is -0.128. The van der Waals surface area contributed by atoms with Crippen molar-refractivity contribution in [2.75, 3.05) is 13.1 Å². The van der Waals surface area contributed by atoms with Gasteiger partial charge in [0.25, 0.3) is 0 Å². The van der Waals surface area contributed by atoms with Crippen LogP contribution in [0.2, 0.25) is 0 Å². The summed E-state index contributed by atoms with van der Waals surface area (Å²) < 4.78 is 0. The minimum absolute atomic E-state index is 0.128. The number of nitrogens with zero attached hydrogens (tertiary/aromatic N) is 1. The Morgan fingerprint density at radius 2 is 2.00 bits per heavy atom. The minimum Gasteiger partial charge on any atom is -0.393 e. The number of hydrogen-bond acceptors (Lipinski definition) is 2. The van der Waals surface area contributed by atoms with Crippen LogP contribution in [0.5, 0.6) is 0 Å². The second kappa shape index (κ2) is 5.31. The number of likely N-dealkylation sites (tertiary alicyclic amines) is 1. The van der Waals surface area contributed by atoms with Crippen LogP contribution in [0.15, 0.2) is 0 Å². The molecule has 1 heterocycles. The molecule has 0 radical (unpaired) electrons. The molecule has 1 saturated carbocycles. The van der Waals surface area contributed by atoms with Gasteiger partial charge in [-0.25, -0.2) is 0 Å². The lowest BCUT2D eigenvalue weighted by molar-refractivity contribution is 0.0628. The van der Waals surface area contributed by atoms with Crippen molar-refractivity contribution in [1.82, 2.24) is 4.90 Å². The monoisotopic (exact) mass is 211 g/mol. The molecular formula is C13H25NO. The Morgan fingerprint density at radius 1 is 1.20 bits per heavy atom. The highest BCUT2D eigenvalue weighted by Crippen LogP contribution is 2.30. The molecule has 2 unspecified atom stereocenters. The summed E-state index contributed by atoms with van der Waals surface area (Å²) >= 11 is 0. The second-order valence-corrected chi connectivity index (χ2v) is 5.53. The molecule has 1 aliphatic carbocycles. The van der Waals surface area contributed by atoms with E-state index in [1.807, 2.05) is 6.92 Å². The molecule has 0 aromatic rings. The molecule has 2 heteroatoms. The predicted molar refractivity (Wildman–Crippen MR) is 62.9 cm³/mol. The fraction of sp³-hybridized carbons (Fsp3) is 1.00. The molecule has 15 heavy (non-hydrogen) atoms. The van der Waals surface area contributed by atoms with Crippen LogP contribution in [-0.4, -0.2) is 35.2 Å². The Hall–Kier alpha value is -0.0800. The molecule has 88 valence electrons. The number of aliphatic hydroxyl groups is 1. The first-order valence-corrected chi connectivity index (χ1v) is 6.68. The average Bonchev–Trinajstić information content (AvgIpc) is 2.13. The van der Waals surface area contributed by atoms with Crippen LogP contribution in [0.3, 0.4) is 0 Å². The topological polar surface area (TPSA) is 23.5 Å². The van der Waals surface area contributed by atoms with E-state index in [0.717, 1.165) is 12.3 Å². The summed E-state index contributed by atoms with van der Waals surface area (Å²) in [6.07, 6.45) is 9.21. The zero-order chi connectivity index (χ0) is 10.7. The van der Waals surface area contributed by atoms with E-state index in [1.54, 1.807) is 0 Å². The summed E-state index contributed by atoms with van der Waals surface area (Å²) in [5.41, 5.74) is 0. The van der Waals surface area contributed by atoms with Crippen LogP contribution in [0, 0.1) is 5.92 Å². The molecule has 2 rings (SSSR count). The Labute approximate surface area is 93.7 Å². The van der Waals surface area contributed by atoms with Gasteiger partial charge in [-0.15, -0.1) is 0 Å². The van der Waals surface area contributed by atoms with E-state index in [9.17, 15) is 5.11 Å². The summed E-state index contributed by atoms with van der Waals surface area (Å²) in [6, 6.07) is 0.666. The average molecular weight is 211 g/mol. The second-order valence-electron chi connectivity index (χ2n) is 5.53. The fourth-order valence-electron chi connectivity index (χ4n) is 2.97. The van der Waals surface area contributed by atoms with E-state index in [0.29, 0.717) is 6.04 Å². The van der Waals surface area contributed by atoms with Crippen LogP contribution >= 0.6 is 0 Å². The maximum Gasteiger partial charge on any atom is 0.0527 e. The van der Waals surface area contributed by atoms with Gasteiger partial charge in [0.2, 0.25) is 0 Å². The highest BCUT2D eigenvalue weighted by molar-refractivity contribution is 4.82. The normalized spacial score (nSPS) is 31.2. The summed E-state index contributed by atoms with van der Waals surface area (Å²) in [5.74, 6) is 0.972. The van der Waals surface area contributed by atoms with Gasteiger partial charge in [0, 0.05) is 12.6 Å². The van der Waals surface area contributed by atoms with E-state index >= 15 is 0 Å². The molecule has 2 aliphatic rings. The van der Waals surface area contributed by atoms with E-state index in [1.165, 1.54) is 51.6 Å². The third-order valence-electron chi connectivity index (χ3n) is 4.08. The summed E-state index contributed by atoms with van der Waals surface area (Å²) in [7, 11) is 0. The molecule has 0 spiro atoms. The third-order valence-corrected chi connectivity index (χ3v) is 4.08. The SMILES string of the molecule is CC(O)CC1CCCCN1CC1CCC1. The van der Waals surface area contributed by atoms with Crippen molar-refractivity contribution in [2.45, 2.75) is 64.0 Å². The lowest BCUT2D eigenvalue weighted by Crippen LogP contribution is -2.44. The van der Waals surface area contributed by atoms with E-state index in [4.69, 9.17) is 0 Å². The maximum absolute atomic E-state index is 9.50. The summed E-state index contributed by atoms with van der Waals surface area (Å²) in [4.78, 5) is 2.65. The van der Waals surface area contributed by atoms with E-state index in [2.05, 4.69) is 4.90 Å². The van der Waals surface area contributed by atoms with Crippen molar-refractivity contribution < 1.29 is 5.11 Å². The third kappa shape index (κ3) is 3.18. The molecule has 0 amide bonds. The molecular weight excluding hydrogens is 186 g/mol. The molecule has 1 aliphatic heterocycles.